The van der Waals surface area contributed by atoms with Gasteiger partial charge in [-0.15, -0.1) is 0 Å². The van der Waals surface area contributed by atoms with Crippen LogP contribution in [0.3, 0.4) is 0 Å². The van der Waals surface area contributed by atoms with Crippen LogP contribution in [0.2, 0.25) is 0 Å². The molecule has 6 heteroatoms. The summed E-state index contributed by atoms with van der Waals surface area (Å²) in [4.78, 5) is 2.52. The molecule has 106 valence electrons. The molecule has 0 amide bonds. The number of nitrogens with two attached hydrogens (primary N) is 1. The van der Waals surface area contributed by atoms with Gasteiger partial charge < -0.3 is 10.6 Å². The first-order chi connectivity index (χ1) is 9.08. The highest BCUT2D eigenvalue weighted by atomic mass is 32.2. The van der Waals surface area contributed by atoms with Gasteiger partial charge in [-0.3, -0.25) is 0 Å². The Hall–Kier alpha value is -1.11. The summed E-state index contributed by atoms with van der Waals surface area (Å²) in [6.45, 7) is 3.35. The zero-order valence-corrected chi connectivity index (χ0v) is 11.8. The van der Waals surface area contributed by atoms with Crippen molar-refractivity contribution in [2.75, 3.05) is 31.9 Å². The lowest BCUT2D eigenvalue weighted by atomic mass is 10.1. The van der Waals surface area contributed by atoms with Crippen molar-refractivity contribution in [3.05, 3.63) is 24.3 Å². The molecular weight excluding hydrogens is 262 g/mol. The Morgan fingerprint density at radius 2 is 1.95 bits per heavy atom. The van der Waals surface area contributed by atoms with E-state index in [4.69, 9.17) is 5.73 Å². The minimum atomic E-state index is -3.44. The maximum absolute atomic E-state index is 12.0. The van der Waals surface area contributed by atoms with E-state index in [0.29, 0.717) is 12.2 Å². The van der Waals surface area contributed by atoms with Crippen LogP contribution in [0.4, 0.5) is 5.69 Å². The van der Waals surface area contributed by atoms with E-state index in [9.17, 15) is 8.42 Å². The quantitative estimate of drug-likeness (QED) is 0.792. The molecule has 1 aliphatic rings. The molecule has 0 aliphatic carbocycles. The molecule has 1 saturated heterocycles. The van der Waals surface area contributed by atoms with E-state index in [0.717, 1.165) is 19.6 Å². The van der Waals surface area contributed by atoms with E-state index in [1.807, 2.05) is 0 Å². The SMILES string of the molecule is Nc1cccc(S(=O)(=O)NCCN2CCCCC2)c1. The summed E-state index contributed by atoms with van der Waals surface area (Å²) >= 11 is 0. The maximum Gasteiger partial charge on any atom is 0.240 e. The van der Waals surface area contributed by atoms with Crippen molar-refractivity contribution in [3.63, 3.8) is 0 Å². The third kappa shape index (κ3) is 4.19. The van der Waals surface area contributed by atoms with E-state index in [1.165, 1.54) is 25.3 Å². The second-order valence-corrected chi connectivity index (χ2v) is 6.64. The third-order valence-corrected chi connectivity index (χ3v) is 4.80. The molecule has 1 fully saturated rings. The van der Waals surface area contributed by atoms with E-state index in [2.05, 4.69) is 9.62 Å². The van der Waals surface area contributed by atoms with Crippen molar-refractivity contribution in [2.24, 2.45) is 0 Å². The van der Waals surface area contributed by atoms with Gasteiger partial charge in [-0.2, -0.15) is 0 Å². The minimum absolute atomic E-state index is 0.228. The molecule has 0 unspecified atom stereocenters. The molecule has 1 aliphatic heterocycles. The van der Waals surface area contributed by atoms with Crippen LogP contribution in [0.15, 0.2) is 29.2 Å². The Balaban J connectivity index is 1.87. The van der Waals surface area contributed by atoms with Crippen molar-refractivity contribution in [1.29, 1.82) is 0 Å². The van der Waals surface area contributed by atoms with Crippen molar-refractivity contribution in [1.82, 2.24) is 9.62 Å². The first kappa shape index (κ1) is 14.3. The highest BCUT2D eigenvalue weighted by Crippen LogP contribution is 2.12. The average molecular weight is 283 g/mol. The van der Waals surface area contributed by atoms with Crippen LogP contribution < -0.4 is 10.5 Å². The number of hydrogen-bond acceptors (Lipinski definition) is 4. The summed E-state index contributed by atoms with van der Waals surface area (Å²) in [5.41, 5.74) is 6.06. The maximum atomic E-state index is 12.0. The van der Waals surface area contributed by atoms with Gasteiger partial charge in [0.25, 0.3) is 0 Å². The summed E-state index contributed by atoms with van der Waals surface area (Å²) < 4.78 is 26.7. The molecular formula is C13H21N3O2S. The van der Waals surface area contributed by atoms with Gasteiger partial charge in [0.15, 0.2) is 0 Å². The predicted octanol–water partition coefficient (Wildman–Crippen LogP) is 1.03. The van der Waals surface area contributed by atoms with Crippen LogP contribution in [0.1, 0.15) is 19.3 Å². The third-order valence-electron chi connectivity index (χ3n) is 3.34. The normalized spacial score (nSPS) is 17.5. The van der Waals surface area contributed by atoms with Gasteiger partial charge in [0.2, 0.25) is 10.0 Å². The number of anilines is 1. The lowest BCUT2D eigenvalue weighted by molar-refractivity contribution is 0.233. The molecule has 0 bridgehead atoms. The largest absolute Gasteiger partial charge is 0.399 e. The summed E-state index contributed by atoms with van der Waals surface area (Å²) in [6, 6.07) is 6.35. The van der Waals surface area contributed by atoms with Gasteiger partial charge in [-0.05, 0) is 44.1 Å². The van der Waals surface area contributed by atoms with E-state index >= 15 is 0 Å². The molecule has 0 atom stereocenters. The predicted molar refractivity (Wildman–Crippen MR) is 76.3 cm³/mol. The molecule has 1 aromatic carbocycles. The smallest absolute Gasteiger partial charge is 0.240 e. The van der Waals surface area contributed by atoms with E-state index in [-0.39, 0.29) is 4.90 Å². The fourth-order valence-electron chi connectivity index (χ4n) is 2.29. The summed E-state index contributed by atoms with van der Waals surface area (Å²) in [5, 5.41) is 0. The lowest BCUT2D eigenvalue weighted by Gasteiger charge is -2.26. The molecule has 19 heavy (non-hydrogen) atoms. The Morgan fingerprint density at radius 3 is 2.63 bits per heavy atom. The molecule has 5 nitrogen and oxygen atoms in total. The summed E-state index contributed by atoms with van der Waals surface area (Å²) in [6.07, 6.45) is 3.70. The van der Waals surface area contributed by atoms with Crippen molar-refractivity contribution in [2.45, 2.75) is 24.2 Å². The Kier molecular flexibility index (Phi) is 4.79. The summed E-state index contributed by atoms with van der Waals surface area (Å²) in [7, 11) is -3.44. The molecule has 1 heterocycles. The molecule has 2 rings (SSSR count). The number of nitrogen functional groups attached to an aromatic ring is 1. The van der Waals surface area contributed by atoms with Gasteiger partial charge in [-0.1, -0.05) is 12.5 Å². The molecule has 0 spiro atoms. The Bertz CT molecular complexity index is 510. The van der Waals surface area contributed by atoms with Crippen LogP contribution in [-0.2, 0) is 10.0 Å². The van der Waals surface area contributed by atoms with Crippen molar-refractivity contribution >= 4 is 15.7 Å². The number of rotatable bonds is 5. The topological polar surface area (TPSA) is 75.4 Å². The Labute approximate surface area is 114 Å². The van der Waals surface area contributed by atoms with Gasteiger partial charge in [0.1, 0.15) is 0 Å². The highest BCUT2D eigenvalue weighted by Gasteiger charge is 2.15. The van der Waals surface area contributed by atoms with E-state index < -0.39 is 10.0 Å². The summed E-state index contributed by atoms with van der Waals surface area (Å²) in [5.74, 6) is 0. The van der Waals surface area contributed by atoms with Gasteiger partial charge in [0.05, 0.1) is 4.90 Å². The number of nitrogens with zero attached hydrogens (tertiary/aromatic N) is 1. The zero-order chi connectivity index (χ0) is 13.7. The Morgan fingerprint density at radius 1 is 1.21 bits per heavy atom. The number of benzene rings is 1. The van der Waals surface area contributed by atoms with Gasteiger partial charge in [0, 0.05) is 18.8 Å². The first-order valence-corrected chi connectivity index (χ1v) is 8.14. The van der Waals surface area contributed by atoms with Gasteiger partial charge >= 0.3 is 0 Å². The van der Waals surface area contributed by atoms with Crippen molar-refractivity contribution < 1.29 is 8.42 Å². The zero-order valence-electron chi connectivity index (χ0n) is 11.0. The molecule has 0 saturated carbocycles. The second kappa shape index (κ2) is 6.36. The van der Waals surface area contributed by atoms with Gasteiger partial charge in [-0.25, -0.2) is 13.1 Å². The fourth-order valence-corrected chi connectivity index (χ4v) is 3.36. The lowest BCUT2D eigenvalue weighted by Crippen LogP contribution is -2.37. The van der Waals surface area contributed by atoms with Crippen LogP contribution >= 0.6 is 0 Å². The van der Waals surface area contributed by atoms with Crippen LogP contribution in [0.25, 0.3) is 0 Å². The number of sulfonamides is 1. The standard InChI is InChI=1S/C13H21N3O2S/c14-12-5-4-6-13(11-12)19(17,18)15-7-10-16-8-2-1-3-9-16/h4-6,11,15H,1-3,7-10,14H2. The minimum Gasteiger partial charge on any atom is -0.399 e. The molecule has 0 radical (unpaired) electrons. The number of hydrogen-bond donors (Lipinski definition) is 2. The number of nitrogens with one attached hydrogen (secondary N) is 1. The first-order valence-electron chi connectivity index (χ1n) is 6.65. The van der Waals surface area contributed by atoms with Crippen LogP contribution in [0, 0.1) is 0 Å². The van der Waals surface area contributed by atoms with Crippen LogP contribution in [0.5, 0.6) is 0 Å². The number of piperidine rings is 1. The highest BCUT2D eigenvalue weighted by molar-refractivity contribution is 7.89. The number of likely N-dealkylation sites (tertiary alicyclic amines) is 1. The molecule has 3 N–H and O–H groups in total. The molecule has 0 aromatic heterocycles. The fraction of sp³-hybridized carbons (Fsp3) is 0.538. The second-order valence-electron chi connectivity index (χ2n) is 4.87. The average Bonchev–Trinajstić information content (AvgIpc) is 2.40. The van der Waals surface area contributed by atoms with Crippen LogP contribution in [-0.4, -0.2) is 39.5 Å². The monoisotopic (exact) mass is 283 g/mol. The van der Waals surface area contributed by atoms with Crippen molar-refractivity contribution in [3.8, 4) is 0 Å². The molecule has 1 aromatic rings. The van der Waals surface area contributed by atoms with E-state index in [1.54, 1.807) is 18.2 Å².